The molecule has 1 fully saturated rings. The van der Waals surface area contributed by atoms with E-state index < -0.39 is 0 Å². The Kier molecular flexibility index (Phi) is 4.51. The first kappa shape index (κ1) is 15.8. The van der Waals surface area contributed by atoms with E-state index in [0.717, 1.165) is 23.5 Å². The largest absolute Gasteiger partial charge is 0.346 e. The van der Waals surface area contributed by atoms with Crippen LogP contribution in [0.4, 0.5) is 4.79 Å². The fourth-order valence-corrected chi connectivity index (χ4v) is 3.10. The van der Waals surface area contributed by atoms with Crippen LogP contribution >= 0.6 is 11.3 Å². The number of nitrogens with one attached hydrogen (secondary N) is 2. The van der Waals surface area contributed by atoms with Gasteiger partial charge < -0.3 is 10.6 Å². The van der Waals surface area contributed by atoms with Gasteiger partial charge in [-0.05, 0) is 38.1 Å². The highest BCUT2D eigenvalue weighted by Crippen LogP contribution is 2.37. The highest BCUT2D eigenvalue weighted by molar-refractivity contribution is 7.13. The fraction of sp³-hybridized carbons (Fsp3) is 0.533. The summed E-state index contributed by atoms with van der Waals surface area (Å²) in [5.74, 6) is 0.735. The zero-order chi connectivity index (χ0) is 16.4. The molecule has 0 aliphatic heterocycles. The molecule has 1 aliphatic rings. The summed E-state index contributed by atoms with van der Waals surface area (Å²) in [7, 11) is 0. The second-order valence-corrected chi connectivity index (χ2v) is 6.91. The number of carbonyl (C=O) groups excluding carboxylic acids is 1. The number of thiophene rings is 1. The third kappa shape index (κ3) is 3.64. The smallest absolute Gasteiger partial charge is 0.336 e. The van der Waals surface area contributed by atoms with Crippen LogP contribution in [0, 0.1) is 0 Å². The van der Waals surface area contributed by atoms with Gasteiger partial charge in [-0.2, -0.15) is 0 Å². The Hall–Kier alpha value is -2.09. The molecule has 2 aromatic heterocycles. The zero-order valence-electron chi connectivity index (χ0n) is 13.3. The monoisotopic (exact) mass is 335 g/mol. The molecular weight excluding hydrogens is 314 g/mol. The van der Waals surface area contributed by atoms with E-state index in [1.165, 1.54) is 4.68 Å². The van der Waals surface area contributed by atoms with Crippen LogP contribution in [0.2, 0.25) is 0 Å². The molecule has 0 aromatic carbocycles. The first-order chi connectivity index (χ1) is 11.1. The van der Waals surface area contributed by atoms with Crippen LogP contribution in [0.15, 0.2) is 22.3 Å². The number of nitrogens with zero attached hydrogens (tertiary/aromatic N) is 3. The first-order valence-corrected chi connectivity index (χ1v) is 8.72. The van der Waals surface area contributed by atoms with E-state index in [4.69, 9.17) is 0 Å². The van der Waals surface area contributed by atoms with Gasteiger partial charge in [-0.15, -0.1) is 16.4 Å². The Morgan fingerprint density at radius 2 is 2.26 bits per heavy atom. The van der Waals surface area contributed by atoms with Crippen LogP contribution in [0.3, 0.4) is 0 Å². The molecule has 0 saturated heterocycles. The number of rotatable bonds is 6. The molecule has 0 spiro atoms. The maximum Gasteiger partial charge on any atom is 0.346 e. The highest BCUT2D eigenvalue weighted by Gasteiger charge is 2.30. The van der Waals surface area contributed by atoms with Crippen molar-refractivity contribution in [1.29, 1.82) is 0 Å². The summed E-state index contributed by atoms with van der Waals surface area (Å²) >= 11 is 1.58. The summed E-state index contributed by atoms with van der Waals surface area (Å²) in [6.07, 6.45) is 2.05. The Balaban J connectivity index is 1.72. The van der Waals surface area contributed by atoms with Gasteiger partial charge in [0.1, 0.15) is 0 Å². The predicted octanol–water partition coefficient (Wildman–Crippen LogP) is 1.82. The van der Waals surface area contributed by atoms with Crippen molar-refractivity contribution in [3.63, 3.8) is 0 Å². The molecule has 2 amide bonds. The summed E-state index contributed by atoms with van der Waals surface area (Å²) in [6, 6.07) is 4.05. The number of hydrogen-bond donors (Lipinski definition) is 2. The lowest BCUT2D eigenvalue weighted by Crippen LogP contribution is -2.41. The molecule has 0 unspecified atom stereocenters. The van der Waals surface area contributed by atoms with Crippen molar-refractivity contribution in [3.05, 3.63) is 28.0 Å². The minimum atomic E-state index is -0.229. The molecule has 1 aliphatic carbocycles. The van der Waals surface area contributed by atoms with Crippen LogP contribution in [0.5, 0.6) is 0 Å². The molecule has 124 valence electrons. The van der Waals surface area contributed by atoms with Gasteiger partial charge >= 0.3 is 11.7 Å². The van der Waals surface area contributed by atoms with Gasteiger partial charge in [-0.1, -0.05) is 6.07 Å². The Bertz CT molecular complexity index is 728. The van der Waals surface area contributed by atoms with Crippen molar-refractivity contribution in [2.24, 2.45) is 0 Å². The summed E-state index contributed by atoms with van der Waals surface area (Å²) in [5.41, 5.74) is -0.0954. The Morgan fingerprint density at radius 3 is 2.87 bits per heavy atom. The number of hydrogen-bond acceptors (Lipinski definition) is 4. The topological polar surface area (TPSA) is 81.0 Å². The van der Waals surface area contributed by atoms with Crippen molar-refractivity contribution in [2.75, 3.05) is 6.54 Å². The van der Waals surface area contributed by atoms with Gasteiger partial charge in [0.05, 0.1) is 11.4 Å². The summed E-state index contributed by atoms with van der Waals surface area (Å²) in [5, 5.41) is 11.9. The maximum absolute atomic E-state index is 12.6. The summed E-state index contributed by atoms with van der Waals surface area (Å²) in [4.78, 5) is 25.1. The van der Waals surface area contributed by atoms with Gasteiger partial charge in [0.2, 0.25) is 0 Å². The SMILES string of the molecule is CC(C)NC(=O)NCCn1nc(-c2cccs2)n(C2CC2)c1=O. The predicted molar refractivity (Wildman–Crippen MR) is 89.7 cm³/mol. The molecule has 2 N–H and O–H groups in total. The second kappa shape index (κ2) is 6.57. The molecule has 1 saturated carbocycles. The van der Waals surface area contributed by atoms with Gasteiger partial charge in [-0.3, -0.25) is 4.57 Å². The standard InChI is InChI=1S/C15H21N5O2S/c1-10(2)17-14(21)16-7-8-19-15(22)20(11-5-6-11)13(18-19)12-4-3-9-23-12/h3-4,9-11H,5-8H2,1-2H3,(H2,16,17,21). The molecule has 0 atom stereocenters. The molecule has 7 nitrogen and oxygen atoms in total. The second-order valence-electron chi connectivity index (χ2n) is 5.96. The third-order valence-electron chi connectivity index (χ3n) is 3.55. The average Bonchev–Trinajstić information content (AvgIpc) is 3.06. The number of carbonyl (C=O) groups is 1. The van der Waals surface area contributed by atoms with Crippen molar-refractivity contribution >= 4 is 17.4 Å². The van der Waals surface area contributed by atoms with E-state index in [9.17, 15) is 9.59 Å². The van der Waals surface area contributed by atoms with E-state index in [0.29, 0.717) is 13.1 Å². The molecule has 0 radical (unpaired) electrons. The molecule has 8 heteroatoms. The third-order valence-corrected chi connectivity index (χ3v) is 4.42. The van der Waals surface area contributed by atoms with E-state index in [1.807, 2.05) is 31.4 Å². The molecular formula is C15H21N5O2S. The van der Waals surface area contributed by atoms with Crippen LogP contribution < -0.4 is 16.3 Å². The minimum Gasteiger partial charge on any atom is -0.336 e. The van der Waals surface area contributed by atoms with Gasteiger partial charge in [0.15, 0.2) is 5.82 Å². The first-order valence-electron chi connectivity index (χ1n) is 7.84. The lowest BCUT2D eigenvalue weighted by Gasteiger charge is -2.09. The van der Waals surface area contributed by atoms with Gasteiger partial charge in [-0.25, -0.2) is 14.3 Å². The van der Waals surface area contributed by atoms with Crippen LogP contribution in [0.1, 0.15) is 32.7 Å². The van der Waals surface area contributed by atoms with Crippen LogP contribution in [0.25, 0.3) is 10.7 Å². The molecule has 3 rings (SSSR count). The molecule has 2 heterocycles. The van der Waals surface area contributed by atoms with Crippen molar-refractivity contribution in [2.45, 2.75) is 45.3 Å². The lowest BCUT2D eigenvalue weighted by molar-refractivity contribution is 0.238. The molecule has 2 aromatic rings. The Labute approximate surface area is 138 Å². The number of aromatic nitrogens is 3. The van der Waals surface area contributed by atoms with Crippen molar-refractivity contribution < 1.29 is 4.79 Å². The normalized spacial score (nSPS) is 14.2. The minimum absolute atomic E-state index is 0.0808. The lowest BCUT2D eigenvalue weighted by atomic mass is 10.4. The average molecular weight is 335 g/mol. The highest BCUT2D eigenvalue weighted by atomic mass is 32.1. The number of amides is 2. The Morgan fingerprint density at radius 1 is 1.48 bits per heavy atom. The van der Waals surface area contributed by atoms with E-state index in [2.05, 4.69) is 15.7 Å². The zero-order valence-corrected chi connectivity index (χ0v) is 14.1. The van der Waals surface area contributed by atoms with E-state index >= 15 is 0 Å². The van der Waals surface area contributed by atoms with Crippen molar-refractivity contribution in [3.8, 4) is 10.7 Å². The molecule has 23 heavy (non-hydrogen) atoms. The van der Waals surface area contributed by atoms with Crippen LogP contribution in [-0.4, -0.2) is 33.0 Å². The van der Waals surface area contributed by atoms with E-state index in [1.54, 1.807) is 15.9 Å². The number of urea groups is 1. The maximum atomic E-state index is 12.6. The van der Waals surface area contributed by atoms with Gasteiger partial charge in [0.25, 0.3) is 0 Å². The summed E-state index contributed by atoms with van der Waals surface area (Å²) in [6.45, 7) is 4.52. The molecule has 0 bridgehead atoms. The quantitative estimate of drug-likeness (QED) is 0.845. The summed E-state index contributed by atoms with van der Waals surface area (Å²) < 4.78 is 3.24. The fourth-order valence-electron chi connectivity index (χ4n) is 2.39. The van der Waals surface area contributed by atoms with Gasteiger partial charge in [0, 0.05) is 18.6 Å². The van der Waals surface area contributed by atoms with Crippen molar-refractivity contribution in [1.82, 2.24) is 25.0 Å². The van der Waals surface area contributed by atoms with Crippen LogP contribution in [-0.2, 0) is 6.54 Å². The van der Waals surface area contributed by atoms with E-state index in [-0.39, 0.29) is 23.8 Å².